The highest BCUT2D eigenvalue weighted by Crippen LogP contribution is 2.21. The van der Waals surface area contributed by atoms with E-state index in [1.807, 2.05) is 0 Å². The van der Waals surface area contributed by atoms with Gasteiger partial charge in [-0.1, -0.05) is 18.2 Å². The third-order valence-corrected chi connectivity index (χ3v) is 4.60. The molecule has 0 unspecified atom stereocenters. The van der Waals surface area contributed by atoms with Gasteiger partial charge in [0.1, 0.15) is 0 Å². The van der Waals surface area contributed by atoms with Gasteiger partial charge in [-0.05, 0) is 36.8 Å². The lowest BCUT2D eigenvalue weighted by Gasteiger charge is -2.10. The summed E-state index contributed by atoms with van der Waals surface area (Å²) in [5.74, 6) is -0.580. The molecule has 3 aromatic rings. The van der Waals surface area contributed by atoms with Gasteiger partial charge in [0, 0.05) is 0 Å². The number of nitrogens with one attached hydrogen (secondary N) is 2. The molecule has 3 rings (SSSR count). The van der Waals surface area contributed by atoms with Crippen molar-refractivity contribution in [3.05, 3.63) is 58.6 Å². The molecule has 0 amide bonds. The maximum atomic E-state index is 12.4. The molecule has 108 valence electrons. The molecular formula is C14H12N2O4S. The lowest BCUT2D eigenvalue weighted by atomic mass is 10.2. The molecular weight excluding hydrogens is 292 g/mol. The molecule has 0 aliphatic heterocycles. The highest BCUT2D eigenvalue weighted by molar-refractivity contribution is 7.92. The van der Waals surface area contributed by atoms with Crippen LogP contribution >= 0.6 is 0 Å². The van der Waals surface area contributed by atoms with E-state index < -0.39 is 15.8 Å². The van der Waals surface area contributed by atoms with E-state index in [9.17, 15) is 13.2 Å². The van der Waals surface area contributed by atoms with Crippen LogP contribution in [0, 0.1) is 6.92 Å². The minimum atomic E-state index is -3.68. The average Bonchev–Trinajstić information content (AvgIpc) is 2.78. The minimum Gasteiger partial charge on any atom is -0.408 e. The Morgan fingerprint density at radius 2 is 1.90 bits per heavy atom. The van der Waals surface area contributed by atoms with Crippen molar-refractivity contribution in [1.82, 2.24) is 4.98 Å². The summed E-state index contributed by atoms with van der Waals surface area (Å²) < 4.78 is 32.1. The van der Waals surface area contributed by atoms with E-state index in [1.54, 1.807) is 25.1 Å². The van der Waals surface area contributed by atoms with E-state index in [2.05, 4.69) is 9.71 Å². The monoisotopic (exact) mass is 304 g/mol. The predicted octanol–water partition coefficient (Wildman–Crippen LogP) is 2.23. The fourth-order valence-corrected chi connectivity index (χ4v) is 3.38. The Bertz CT molecular complexity index is 970. The van der Waals surface area contributed by atoms with E-state index in [0.717, 1.165) is 0 Å². The van der Waals surface area contributed by atoms with Crippen LogP contribution in [0.15, 0.2) is 56.6 Å². The van der Waals surface area contributed by atoms with Crippen LogP contribution in [0.2, 0.25) is 0 Å². The average molecular weight is 304 g/mol. The molecule has 2 aromatic carbocycles. The molecule has 7 heteroatoms. The Kier molecular flexibility index (Phi) is 3.06. The smallest absolute Gasteiger partial charge is 0.408 e. The second-order valence-electron chi connectivity index (χ2n) is 4.60. The van der Waals surface area contributed by atoms with Crippen LogP contribution in [0.3, 0.4) is 0 Å². The second-order valence-corrected chi connectivity index (χ2v) is 6.25. The van der Waals surface area contributed by atoms with Crippen molar-refractivity contribution >= 4 is 26.8 Å². The first-order valence-electron chi connectivity index (χ1n) is 6.17. The first kappa shape index (κ1) is 13.4. The molecule has 6 nitrogen and oxygen atoms in total. The molecule has 0 aliphatic rings. The van der Waals surface area contributed by atoms with E-state index in [-0.39, 0.29) is 4.90 Å². The number of oxazole rings is 1. The number of rotatable bonds is 3. The summed E-state index contributed by atoms with van der Waals surface area (Å²) in [6.07, 6.45) is 0. The highest BCUT2D eigenvalue weighted by Gasteiger charge is 2.16. The lowest BCUT2D eigenvalue weighted by molar-refractivity contribution is 0.555. The van der Waals surface area contributed by atoms with Gasteiger partial charge in [0.15, 0.2) is 5.58 Å². The van der Waals surface area contributed by atoms with Gasteiger partial charge >= 0.3 is 5.76 Å². The third kappa shape index (κ3) is 2.55. The summed E-state index contributed by atoms with van der Waals surface area (Å²) in [6.45, 7) is 1.73. The third-order valence-electron chi connectivity index (χ3n) is 3.05. The molecule has 1 aromatic heterocycles. The molecule has 0 saturated heterocycles. The predicted molar refractivity (Wildman–Crippen MR) is 78.8 cm³/mol. The Morgan fingerprint density at radius 1 is 1.14 bits per heavy atom. The van der Waals surface area contributed by atoms with E-state index >= 15 is 0 Å². The number of hydrogen-bond acceptors (Lipinski definition) is 4. The van der Waals surface area contributed by atoms with Gasteiger partial charge in [0.05, 0.1) is 16.1 Å². The quantitative estimate of drug-likeness (QED) is 0.776. The van der Waals surface area contributed by atoms with Crippen LogP contribution in [0.25, 0.3) is 11.1 Å². The molecule has 0 bridgehead atoms. The van der Waals surface area contributed by atoms with Gasteiger partial charge < -0.3 is 4.42 Å². The molecule has 0 fully saturated rings. The Morgan fingerprint density at radius 3 is 2.67 bits per heavy atom. The van der Waals surface area contributed by atoms with Crippen LogP contribution in [0.4, 0.5) is 5.69 Å². The first-order chi connectivity index (χ1) is 9.95. The summed E-state index contributed by atoms with van der Waals surface area (Å²) in [7, 11) is -3.68. The number of H-pyrrole nitrogens is 1. The van der Waals surface area contributed by atoms with Crippen molar-refractivity contribution in [2.45, 2.75) is 11.8 Å². The molecule has 0 spiro atoms. The van der Waals surface area contributed by atoms with Crippen molar-refractivity contribution in [2.24, 2.45) is 0 Å². The van der Waals surface area contributed by atoms with Crippen molar-refractivity contribution in [1.29, 1.82) is 0 Å². The Labute approximate surface area is 120 Å². The summed E-state index contributed by atoms with van der Waals surface area (Å²) in [5, 5.41) is 0. The van der Waals surface area contributed by atoms with Gasteiger partial charge in [0.2, 0.25) is 0 Å². The standard InChI is InChI=1S/C14H12N2O4S/c1-9-4-2-3-5-13(9)21(18,19)16-10-6-7-12-11(8-10)15-14(17)20-12/h2-8,16H,1H3,(H,15,17). The van der Waals surface area contributed by atoms with Crippen LogP contribution in [0.5, 0.6) is 0 Å². The number of fused-ring (bicyclic) bond motifs is 1. The second kappa shape index (κ2) is 4.78. The highest BCUT2D eigenvalue weighted by atomic mass is 32.2. The number of hydrogen-bond donors (Lipinski definition) is 2. The number of benzene rings is 2. The van der Waals surface area contributed by atoms with Crippen LogP contribution in [-0.2, 0) is 10.0 Å². The van der Waals surface area contributed by atoms with E-state index in [4.69, 9.17) is 4.42 Å². The summed E-state index contributed by atoms with van der Waals surface area (Å²) in [5.41, 5.74) is 1.81. The van der Waals surface area contributed by atoms with Gasteiger partial charge in [-0.3, -0.25) is 9.71 Å². The molecule has 0 aliphatic carbocycles. The molecule has 1 heterocycles. The van der Waals surface area contributed by atoms with Crippen molar-refractivity contribution < 1.29 is 12.8 Å². The first-order valence-corrected chi connectivity index (χ1v) is 7.65. The summed E-state index contributed by atoms with van der Waals surface area (Å²) in [6, 6.07) is 11.3. The summed E-state index contributed by atoms with van der Waals surface area (Å²) >= 11 is 0. The number of aromatic amines is 1. The molecule has 21 heavy (non-hydrogen) atoms. The van der Waals surface area contributed by atoms with Crippen molar-refractivity contribution in [2.75, 3.05) is 4.72 Å². The maximum Gasteiger partial charge on any atom is 0.417 e. The Balaban J connectivity index is 2.01. The van der Waals surface area contributed by atoms with Crippen molar-refractivity contribution in [3.63, 3.8) is 0 Å². The zero-order chi connectivity index (χ0) is 15.0. The van der Waals surface area contributed by atoms with Gasteiger partial charge in [0.25, 0.3) is 10.0 Å². The van der Waals surface area contributed by atoms with Crippen molar-refractivity contribution in [3.8, 4) is 0 Å². The normalized spacial score (nSPS) is 11.7. The van der Waals surface area contributed by atoms with Crippen LogP contribution in [-0.4, -0.2) is 13.4 Å². The van der Waals surface area contributed by atoms with E-state index in [1.165, 1.54) is 24.3 Å². The lowest BCUT2D eigenvalue weighted by Crippen LogP contribution is -2.14. The minimum absolute atomic E-state index is 0.214. The zero-order valence-corrected chi connectivity index (χ0v) is 11.9. The fourth-order valence-electron chi connectivity index (χ4n) is 2.08. The number of aromatic nitrogens is 1. The fraction of sp³-hybridized carbons (Fsp3) is 0.0714. The Hall–Kier alpha value is -2.54. The maximum absolute atomic E-state index is 12.4. The SMILES string of the molecule is Cc1ccccc1S(=O)(=O)Nc1ccc2oc(=O)[nH]c2c1. The van der Waals surface area contributed by atoms with Gasteiger partial charge in [-0.25, -0.2) is 13.2 Å². The number of aryl methyl sites for hydroxylation is 1. The topological polar surface area (TPSA) is 92.2 Å². The number of anilines is 1. The zero-order valence-electron chi connectivity index (χ0n) is 11.1. The number of sulfonamides is 1. The summed E-state index contributed by atoms with van der Waals surface area (Å²) in [4.78, 5) is 13.8. The molecule has 0 radical (unpaired) electrons. The molecule has 2 N–H and O–H groups in total. The van der Waals surface area contributed by atoms with Crippen LogP contribution in [0.1, 0.15) is 5.56 Å². The van der Waals surface area contributed by atoms with E-state index in [0.29, 0.717) is 22.4 Å². The largest absolute Gasteiger partial charge is 0.417 e. The molecule has 0 atom stereocenters. The van der Waals surface area contributed by atoms with Crippen LogP contribution < -0.4 is 10.5 Å². The molecule has 0 saturated carbocycles. The van der Waals surface area contributed by atoms with Gasteiger partial charge in [-0.15, -0.1) is 0 Å². The van der Waals surface area contributed by atoms with Gasteiger partial charge in [-0.2, -0.15) is 0 Å².